The first-order valence-electron chi connectivity index (χ1n) is 14.4. The van der Waals surface area contributed by atoms with Crippen molar-refractivity contribution in [2.24, 2.45) is 20.4 Å². The molecule has 4 aromatic carbocycles. The second-order valence-corrected chi connectivity index (χ2v) is 14.0. The van der Waals surface area contributed by atoms with E-state index in [0.717, 1.165) is 11.3 Å². The molecule has 0 heterocycles. The van der Waals surface area contributed by atoms with Crippen LogP contribution in [0.1, 0.15) is 12.5 Å². The molecule has 0 aliphatic carbocycles. The van der Waals surface area contributed by atoms with Gasteiger partial charge < -0.3 is 45.9 Å². The predicted octanol–water partition coefficient (Wildman–Crippen LogP) is 4.97. The number of hydrogen-bond donors (Lipinski definition) is 3. The quantitative estimate of drug-likeness (QED) is 0.0337. The minimum atomic E-state index is -2.04. The normalized spacial score (nSPS) is 12.4. The Kier molecular flexibility index (Phi) is 17.8. The van der Waals surface area contributed by atoms with E-state index in [0.29, 0.717) is 30.9 Å². The van der Waals surface area contributed by atoms with Gasteiger partial charge in [-0.05, 0) is 65.8 Å². The zero-order chi connectivity index (χ0) is 31.9. The van der Waals surface area contributed by atoms with Gasteiger partial charge in [0, 0.05) is 31.9 Å². The van der Waals surface area contributed by atoms with Crippen molar-refractivity contribution in [2.45, 2.75) is 6.92 Å². The second-order valence-electron chi connectivity index (χ2n) is 9.80. The maximum atomic E-state index is 6.49. The molecule has 0 atom stereocenters. The number of amidine groups is 2. The van der Waals surface area contributed by atoms with Crippen molar-refractivity contribution in [1.82, 2.24) is 10.6 Å². The van der Waals surface area contributed by atoms with Gasteiger partial charge in [-0.15, -0.1) is 22.1 Å². The Morgan fingerprint density at radius 3 is 1.55 bits per heavy atom. The summed E-state index contributed by atoms with van der Waals surface area (Å²) in [5, 5.41) is 30.1. The summed E-state index contributed by atoms with van der Waals surface area (Å²) >= 11 is 10.2. The van der Waals surface area contributed by atoms with Crippen LogP contribution in [0.3, 0.4) is 0 Å². The van der Waals surface area contributed by atoms with Crippen molar-refractivity contribution in [3.63, 3.8) is 0 Å². The van der Waals surface area contributed by atoms with E-state index in [1.807, 2.05) is 24.3 Å². The van der Waals surface area contributed by atoms with Gasteiger partial charge in [-0.1, -0.05) is 66.7 Å². The molecule has 3 N–H and O–H groups in total. The first-order valence-corrected chi connectivity index (χ1v) is 17.2. The number of rotatable bonds is 13. The first-order chi connectivity index (χ1) is 22.0. The average molecular weight is 799 g/mol. The average Bonchev–Trinajstić information content (AvgIpc) is 3.10. The van der Waals surface area contributed by atoms with Crippen LogP contribution in [0.15, 0.2) is 136 Å². The maximum absolute atomic E-state index is 6.49. The van der Waals surface area contributed by atoms with E-state index in [4.69, 9.17) is 30.0 Å². The largest absolute Gasteiger partial charge is 2.00 e. The summed E-state index contributed by atoms with van der Waals surface area (Å²) in [6.45, 7) is 2.98. The van der Waals surface area contributed by atoms with Crippen molar-refractivity contribution in [1.29, 1.82) is 0 Å². The van der Waals surface area contributed by atoms with Crippen LogP contribution < -0.4 is 31.9 Å². The Hall–Kier alpha value is -3.21. The van der Waals surface area contributed by atoms with Gasteiger partial charge >= 0.3 is 17.1 Å². The predicted molar refractivity (Wildman–Crippen MR) is 209 cm³/mol. The molecule has 0 aliphatic heterocycles. The molecule has 0 bridgehead atoms. The topological polar surface area (TPSA) is 94.8 Å². The molecule has 0 saturated heterocycles. The van der Waals surface area contributed by atoms with Crippen molar-refractivity contribution in [3.8, 4) is 0 Å². The van der Waals surface area contributed by atoms with Crippen LogP contribution in [0, 0.1) is 0 Å². The fraction of sp³-hybridized carbons (Fsp3) is 0.176. The third kappa shape index (κ3) is 11.2. The molecule has 4 aromatic rings. The molecule has 4 rings (SSSR count). The summed E-state index contributed by atoms with van der Waals surface area (Å²) in [5.41, 5.74) is 2.85. The third-order valence-electron chi connectivity index (χ3n) is 6.91. The van der Waals surface area contributed by atoms with E-state index < -0.39 is 7.26 Å². The third-order valence-corrected chi connectivity index (χ3v) is 11.6. The SMILES string of the molecule is Br.CNC([S-])=NN=C(C)C(=NN=C([S-])NC)c1ccc(NCCOC[P+](c2ccccc2)(c2ccccc2)c2ccccc2)cc1.[Cu+2]. The molecule has 0 spiro atoms. The van der Waals surface area contributed by atoms with E-state index in [1.165, 1.54) is 15.9 Å². The molecule has 47 heavy (non-hydrogen) atoms. The molecule has 8 nitrogen and oxygen atoms in total. The molecular weight excluding hydrogens is 761 g/mol. The number of nitrogens with zero attached hydrogens (tertiary/aromatic N) is 4. The van der Waals surface area contributed by atoms with E-state index in [9.17, 15) is 0 Å². The Balaban J connectivity index is 0.00000384. The molecule has 249 valence electrons. The number of ether oxygens (including phenoxy) is 1. The van der Waals surface area contributed by atoms with Crippen molar-refractivity contribution in [3.05, 3.63) is 121 Å². The molecule has 0 saturated carbocycles. The Morgan fingerprint density at radius 2 is 1.11 bits per heavy atom. The first kappa shape index (κ1) is 40.0. The summed E-state index contributed by atoms with van der Waals surface area (Å²) in [5.74, 6) is 0. The van der Waals surface area contributed by atoms with Gasteiger partial charge in [0.1, 0.15) is 28.9 Å². The number of halogens is 1. The van der Waals surface area contributed by atoms with Crippen LogP contribution in [0.2, 0.25) is 0 Å². The fourth-order valence-electron chi connectivity index (χ4n) is 4.64. The summed E-state index contributed by atoms with van der Waals surface area (Å²) in [6, 6.07) is 40.1. The summed E-state index contributed by atoms with van der Waals surface area (Å²) < 4.78 is 6.49. The molecule has 0 fully saturated rings. The molecule has 13 heteroatoms. The van der Waals surface area contributed by atoms with Crippen LogP contribution in [-0.4, -0.2) is 55.4 Å². The minimum Gasteiger partial charge on any atom is -0.741 e. The van der Waals surface area contributed by atoms with Crippen molar-refractivity contribution >= 4 is 92.9 Å². The van der Waals surface area contributed by atoms with Gasteiger partial charge in [-0.3, -0.25) is 0 Å². The maximum Gasteiger partial charge on any atom is 2.00 e. The Bertz CT molecular complexity index is 1530. The van der Waals surface area contributed by atoms with Gasteiger partial charge in [-0.2, -0.15) is 15.3 Å². The summed E-state index contributed by atoms with van der Waals surface area (Å²) in [7, 11) is 1.35. The molecule has 0 unspecified atom stereocenters. The number of hydrogen-bond acceptors (Lipinski definition) is 8. The van der Waals surface area contributed by atoms with Crippen LogP contribution in [0.5, 0.6) is 0 Å². The minimum absolute atomic E-state index is 0. The molecular formula is C34H38BrCuN7OPS2+. The van der Waals surface area contributed by atoms with Gasteiger partial charge in [0.2, 0.25) is 0 Å². The second kappa shape index (κ2) is 20.9. The van der Waals surface area contributed by atoms with Crippen molar-refractivity contribution in [2.75, 3.05) is 38.9 Å². The van der Waals surface area contributed by atoms with Crippen LogP contribution in [-0.2, 0) is 47.1 Å². The molecule has 0 aliphatic rings. The fourth-order valence-corrected chi connectivity index (χ4v) is 8.50. The van der Waals surface area contributed by atoms with E-state index in [2.05, 4.69) is 127 Å². The van der Waals surface area contributed by atoms with Gasteiger partial charge in [0.05, 0.1) is 12.3 Å². The summed E-state index contributed by atoms with van der Waals surface area (Å²) in [4.78, 5) is 0. The Labute approximate surface area is 310 Å². The standard InChI is InChI=1S/C34H38N7OPS2.BrH.Cu/c1-26(38-40-33(44)35-2)32(39-41-34(45)36-3)27-19-21-28(22-20-27)37-23-24-42-25-43(29-13-7-4-8-14-29,30-15-9-5-10-16-30)31-17-11-6-12-18-31;;/h4-22H,23-25H2,1-3H3,(H4-,35,36,37,38,39,40,41,44,45);1H;/q;;+2/p-1. The van der Waals surface area contributed by atoms with E-state index in [-0.39, 0.29) is 44.4 Å². The smallest absolute Gasteiger partial charge is 0.741 e. The van der Waals surface area contributed by atoms with Crippen LogP contribution >= 0.6 is 24.2 Å². The van der Waals surface area contributed by atoms with Crippen LogP contribution in [0.4, 0.5) is 5.69 Å². The zero-order valence-corrected chi connectivity index (χ0v) is 31.4. The van der Waals surface area contributed by atoms with Gasteiger partial charge in [0.15, 0.2) is 6.35 Å². The number of nitrogens with one attached hydrogen (secondary N) is 3. The van der Waals surface area contributed by atoms with E-state index in [1.54, 1.807) is 21.0 Å². The van der Waals surface area contributed by atoms with Crippen molar-refractivity contribution < 1.29 is 21.8 Å². The Morgan fingerprint density at radius 1 is 0.660 bits per heavy atom. The van der Waals surface area contributed by atoms with Gasteiger partial charge in [-0.25, -0.2) is 0 Å². The number of anilines is 1. The summed E-state index contributed by atoms with van der Waals surface area (Å²) in [6.07, 6.45) is 0.601. The van der Waals surface area contributed by atoms with Gasteiger partial charge in [0.25, 0.3) is 0 Å². The monoisotopic (exact) mass is 797 g/mol. The molecule has 0 amide bonds. The van der Waals surface area contributed by atoms with E-state index >= 15 is 0 Å². The molecule has 0 aromatic heterocycles. The number of benzene rings is 4. The van der Waals surface area contributed by atoms with Crippen LogP contribution in [0.25, 0.3) is 0 Å². The zero-order valence-electron chi connectivity index (χ0n) is 26.3. The molecule has 1 radical (unpaired) electrons.